The summed E-state index contributed by atoms with van der Waals surface area (Å²) < 4.78 is 0. The first-order valence-corrected chi connectivity index (χ1v) is 5.03. The number of rotatable bonds is 0. The van der Waals surface area contributed by atoms with Gasteiger partial charge in [-0.25, -0.2) is 0 Å². The summed E-state index contributed by atoms with van der Waals surface area (Å²) >= 11 is 1.98. The monoisotopic (exact) mass is 153 g/mol. The van der Waals surface area contributed by atoms with Gasteiger partial charge in [0.15, 0.2) is 0 Å². The molecule has 0 bridgehead atoms. The highest BCUT2D eigenvalue weighted by atomic mass is 32.2. The van der Waals surface area contributed by atoms with E-state index in [1.54, 1.807) is 4.91 Å². The van der Waals surface area contributed by atoms with Crippen molar-refractivity contribution in [2.24, 2.45) is 5.92 Å². The average molecular weight is 153 g/mol. The number of hydrogen-bond donors (Lipinski definition) is 0. The van der Waals surface area contributed by atoms with E-state index in [9.17, 15) is 0 Å². The maximum atomic E-state index is 2.44. The second kappa shape index (κ2) is 3.00. The third kappa shape index (κ3) is 1.24. The van der Waals surface area contributed by atoms with E-state index in [1.165, 1.54) is 32.1 Å². The number of fused-ring (bicyclic) bond motifs is 1. The lowest BCUT2D eigenvalue weighted by molar-refractivity contribution is 0.494. The molecule has 0 aromatic heterocycles. The molecule has 0 spiro atoms. The molecule has 2 aliphatic rings. The van der Waals surface area contributed by atoms with Crippen molar-refractivity contribution in [2.75, 3.05) is 0 Å². The molecule has 0 amide bonds. The molecule has 1 heteroatoms. The van der Waals surface area contributed by atoms with Crippen LogP contribution >= 0.6 is 11.8 Å². The Morgan fingerprint density at radius 3 is 3.20 bits per heavy atom. The van der Waals surface area contributed by atoms with E-state index in [4.69, 9.17) is 0 Å². The molecule has 0 saturated carbocycles. The first kappa shape index (κ1) is 6.78. The second-order valence-corrected chi connectivity index (χ2v) is 4.14. The predicted molar refractivity (Wildman–Crippen MR) is 46.5 cm³/mol. The molecule has 0 aromatic carbocycles. The van der Waals surface area contributed by atoms with E-state index in [1.807, 2.05) is 11.8 Å². The van der Waals surface area contributed by atoms with Crippen LogP contribution in [0.3, 0.4) is 0 Å². The van der Waals surface area contributed by atoms with Crippen LogP contribution in [-0.4, -0.2) is 0 Å². The van der Waals surface area contributed by atoms with Crippen LogP contribution in [0.5, 0.6) is 0 Å². The van der Waals surface area contributed by atoms with Crippen LogP contribution in [0.15, 0.2) is 11.0 Å². The SMILES string of the molecule is [CH]1CCC2CCCC=C2S1. The summed E-state index contributed by atoms with van der Waals surface area (Å²) in [6.45, 7) is 0. The smallest absolute Gasteiger partial charge is 0.0214 e. The van der Waals surface area contributed by atoms with Gasteiger partial charge >= 0.3 is 0 Å². The van der Waals surface area contributed by atoms with E-state index in [-0.39, 0.29) is 0 Å². The summed E-state index contributed by atoms with van der Waals surface area (Å²) in [5.41, 5.74) is 0. The highest BCUT2D eigenvalue weighted by molar-refractivity contribution is 8.05. The van der Waals surface area contributed by atoms with Crippen LogP contribution in [0.1, 0.15) is 32.1 Å². The number of allylic oxidation sites excluding steroid dienone is 2. The topological polar surface area (TPSA) is 0 Å². The predicted octanol–water partition coefficient (Wildman–Crippen LogP) is 3.36. The summed E-state index contributed by atoms with van der Waals surface area (Å²) in [4.78, 5) is 1.66. The average Bonchev–Trinajstić information content (AvgIpc) is 2.05. The zero-order valence-corrected chi connectivity index (χ0v) is 6.99. The van der Waals surface area contributed by atoms with Gasteiger partial charge < -0.3 is 0 Å². The third-order valence-electron chi connectivity index (χ3n) is 2.36. The quantitative estimate of drug-likeness (QED) is 0.514. The van der Waals surface area contributed by atoms with E-state index in [0.717, 1.165) is 5.92 Å². The van der Waals surface area contributed by atoms with Gasteiger partial charge in [-0.3, -0.25) is 0 Å². The molecular weight excluding hydrogens is 140 g/mol. The molecule has 0 nitrogen and oxygen atoms in total. The lowest BCUT2D eigenvalue weighted by Gasteiger charge is -2.27. The molecule has 1 radical (unpaired) electrons. The standard InChI is InChI=1S/C9H13S/c1-2-6-9-8(4-1)5-3-7-10-9/h6-8H,1-5H2. The normalized spacial score (nSPS) is 32.8. The van der Waals surface area contributed by atoms with Gasteiger partial charge in [-0.2, -0.15) is 0 Å². The Morgan fingerprint density at radius 2 is 2.30 bits per heavy atom. The summed E-state index contributed by atoms with van der Waals surface area (Å²) in [6.07, 6.45) is 9.38. The first-order chi connectivity index (χ1) is 4.97. The minimum atomic E-state index is 0.948. The van der Waals surface area contributed by atoms with Gasteiger partial charge in [-0.15, -0.1) is 11.8 Å². The minimum Gasteiger partial charge on any atom is -0.126 e. The summed E-state index contributed by atoms with van der Waals surface area (Å²) in [5, 5.41) is 0. The lowest BCUT2D eigenvalue weighted by Crippen LogP contribution is -2.09. The highest BCUT2D eigenvalue weighted by Gasteiger charge is 2.21. The van der Waals surface area contributed by atoms with Crippen molar-refractivity contribution >= 4 is 11.8 Å². The van der Waals surface area contributed by atoms with E-state index < -0.39 is 0 Å². The molecule has 0 N–H and O–H groups in total. The molecule has 1 saturated heterocycles. The van der Waals surface area contributed by atoms with Crippen molar-refractivity contribution in [3.8, 4) is 0 Å². The largest absolute Gasteiger partial charge is 0.126 e. The Kier molecular flexibility index (Phi) is 2.03. The summed E-state index contributed by atoms with van der Waals surface area (Å²) in [7, 11) is 0. The molecule has 1 unspecified atom stereocenters. The van der Waals surface area contributed by atoms with E-state index >= 15 is 0 Å². The van der Waals surface area contributed by atoms with E-state index in [0.29, 0.717) is 0 Å². The maximum Gasteiger partial charge on any atom is 0.0214 e. The van der Waals surface area contributed by atoms with Gasteiger partial charge in [-0.05, 0) is 42.9 Å². The van der Waals surface area contributed by atoms with Crippen molar-refractivity contribution in [3.05, 3.63) is 16.7 Å². The second-order valence-electron chi connectivity index (χ2n) is 3.10. The molecular formula is C9H13S. The van der Waals surface area contributed by atoms with Gasteiger partial charge in [0.2, 0.25) is 0 Å². The molecule has 1 aliphatic carbocycles. The minimum absolute atomic E-state index is 0.948. The fraction of sp³-hybridized carbons (Fsp3) is 0.667. The van der Waals surface area contributed by atoms with Crippen molar-refractivity contribution in [1.29, 1.82) is 0 Å². The summed E-state index contributed by atoms with van der Waals surface area (Å²) in [6, 6.07) is 0. The third-order valence-corrected chi connectivity index (χ3v) is 3.53. The van der Waals surface area contributed by atoms with Crippen LogP contribution in [0.2, 0.25) is 0 Å². The summed E-state index contributed by atoms with van der Waals surface area (Å²) in [5.74, 6) is 3.30. The zero-order chi connectivity index (χ0) is 6.81. The van der Waals surface area contributed by atoms with Crippen LogP contribution in [0.4, 0.5) is 0 Å². The van der Waals surface area contributed by atoms with Gasteiger partial charge in [0.1, 0.15) is 0 Å². The molecule has 1 atom stereocenters. The molecule has 0 aromatic rings. The number of thioether (sulfide) groups is 1. The Balaban J connectivity index is 2.08. The molecule has 55 valence electrons. The van der Waals surface area contributed by atoms with Gasteiger partial charge in [-0.1, -0.05) is 6.08 Å². The molecule has 1 heterocycles. The Morgan fingerprint density at radius 1 is 1.30 bits per heavy atom. The Bertz CT molecular complexity index is 149. The van der Waals surface area contributed by atoms with Crippen molar-refractivity contribution in [2.45, 2.75) is 32.1 Å². The fourth-order valence-electron chi connectivity index (χ4n) is 1.77. The van der Waals surface area contributed by atoms with Crippen LogP contribution in [-0.2, 0) is 0 Å². The highest BCUT2D eigenvalue weighted by Crippen LogP contribution is 2.42. The Labute approximate surface area is 67.1 Å². The van der Waals surface area contributed by atoms with Crippen LogP contribution < -0.4 is 0 Å². The molecule has 1 aliphatic heterocycles. The molecule has 1 fully saturated rings. The van der Waals surface area contributed by atoms with Crippen LogP contribution in [0.25, 0.3) is 0 Å². The number of hydrogen-bond acceptors (Lipinski definition) is 1. The molecule has 10 heavy (non-hydrogen) atoms. The van der Waals surface area contributed by atoms with Gasteiger partial charge in [0.05, 0.1) is 0 Å². The fourth-order valence-corrected chi connectivity index (χ4v) is 2.86. The zero-order valence-electron chi connectivity index (χ0n) is 6.18. The van der Waals surface area contributed by atoms with Crippen molar-refractivity contribution in [3.63, 3.8) is 0 Å². The van der Waals surface area contributed by atoms with Gasteiger partial charge in [0.25, 0.3) is 0 Å². The molecule has 2 rings (SSSR count). The lowest BCUT2D eigenvalue weighted by atomic mass is 9.91. The van der Waals surface area contributed by atoms with Crippen molar-refractivity contribution in [1.82, 2.24) is 0 Å². The van der Waals surface area contributed by atoms with Crippen LogP contribution in [0, 0.1) is 11.7 Å². The van der Waals surface area contributed by atoms with E-state index in [2.05, 4.69) is 11.8 Å². The first-order valence-electron chi connectivity index (χ1n) is 4.15. The van der Waals surface area contributed by atoms with Crippen molar-refractivity contribution < 1.29 is 0 Å². The Hall–Kier alpha value is 0.0900. The maximum absolute atomic E-state index is 2.44. The van der Waals surface area contributed by atoms with Gasteiger partial charge in [0, 0.05) is 5.75 Å².